The Bertz CT molecular complexity index is 268. The van der Waals surface area contributed by atoms with Crippen molar-refractivity contribution in [3.05, 3.63) is 10.2 Å². The van der Waals surface area contributed by atoms with Crippen LogP contribution in [0.1, 0.15) is 60.3 Å². The Labute approximate surface area is 135 Å². The van der Waals surface area contributed by atoms with Gasteiger partial charge < -0.3 is 4.43 Å². The Morgan fingerprint density at radius 2 is 1.84 bits per heavy atom. The van der Waals surface area contributed by atoms with Gasteiger partial charge in [-0.2, -0.15) is 0 Å². The van der Waals surface area contributed by atoms with E-state index in [1.165, 1.54) is 19.3 Å². The molecule has 0 heterocycles. The molecule has 0 aliphatic heterocycles. The van der Waals surface area contributed by atoms with Crippen molar-refractivity contribution in [2.45, 2.75) is 84.5 Å². The minimum Gasteiger partial charge on any atom is -0.411 e. The quantitative estimate of drug-likeness (QED) is 0.334. The third-order valence-electron chi connectivity index (χ3n) is 4.22. The zero-order valence-corrected chi connectivity index (χ0v) is 17.1. The minimum atomic E-state index is -1.66. The van der Waals surface area contributed by atoms with Crippen molar-refractivity contribution in [3.8, 4) is 0 Å². The normalized spacial score (nSPS) is 16.8. The van der Waals surface area contributed by atoms with E-state index in [-0.39, 0.29) is 5.04 Å². The van der Waals surface area contributed by atoms with Gasteiger partial charge in [-0.3, -0.25) is 0 Å². The molecule has 0 spiro atoms. The van der Waals surface area contributed by atoms with Gasteiger partial charge in [-0.1, -0.05) is 82.5 Å². The summed E-state index contributed by atoms with van der Waals surface area (Å²) < 4.78 is 8.65. The van der Waals surface area contributed by atoms with E-state index in [9.17, 15) is 0 Å². The Balaban J connectivity index is 4.58. The van der Waals surface area contributed by atoms with Crippen molar-refractivity contribution in [1.82, 2.24) is 0 Å². The van der Waals surface area contributed by atoms with Crippen molar-refractivity contribution < 1.29 is 4.43 Å². The van der Waals surface area contributed by atoms with Crippen LogP contribution in [0.25, 0.3) is 0 Å². The van der Waals surface area contributed by atoms with Gasteiger partial charge in [0.15, 0.2) is 8.32 Å². The second-order valence-electron chi connectivity index (χ2n) is 7.22. The summed E-state index contributed by atoms with van der Waals surface area (Å²) in [6.45, 7) is 16.2. The molecule has 2 atom stereocenters. The summed E-state index contributed by atoms with van der Waals surface area (Å²) in [5.74, 6) is 0.752. The predicted octanol–water partition coefficient (Wildman–Crippen LogP) is 6.54. The van der Waals surface area contributed by atoms with E-state index in [1.54, 1.807) is 0 Å². The van der Waals surface area contributed by atoms with Crippen LogP contribution in [0, 0.1) is 5.92 Å². The zero-order chi connectivity index (χ0) is 15.1. The second-order valence-corrected chi connectivity index (χ2v) is 12.7. The van der Waals surface area contributed by atoms with Gasteiger partial charge in [-0.15, -0.1) is 0 Å². The van der Waals surface area contributed by atoms with E-state index in [0.717, 1.165) is 12.3 Å². The van der Waals surface area contributed by atoms with Crippen molar-refractivity contribution in [2.24, 2.45) is 5.92 Å². The average Bonchev–Trinajstić information content (AvgIpc) is 2.24. The van der Waals surface area contributed by atoms with Crippen molar-refractivity contribution in [2.75, 3.05) is 0 Å². The predicted molar refractivity (Wildman–Crippen MR) is 98.5 cm³/mol. The fraction of sp³-hybridized carbons (Fsp3) is 0.875. The summed E-state index contributed by atoms with van der Waals surface area (Å²) in [5, 5.41) is 0.289. The van der Waals surface area contributed by atoms with Crippen LogP contribution in [0.15, 0.2) is 10.2 Å². The van der Waals surface area contributed by atoms with Crippen LogP contribution in [0.3, 0.4) is 0 Å². The number of hydrogen-bond donors (Lipinski definition) is 0. The fourth-order valence-electron chi connectivity index (χ4n) is 1.87. The molecule has 1 nitrogen and oxygen atoms in total. The Kier molecular flexibility index (Phi) is 9.13. The van der Waals surface area contributed by atoms with E-state index in [1.807, 2.05) is 0 Å². The van der Waals surface area contributed by atoms with Gasteiger partial charge in [0.05, 0.1) is 6.10 Å². The molecule has 3 heteroatoms. The molecule has 0 fully saturated rings. The van der Waals surface area contributed by atoms with Gasteiger partial charge in [-0.25, -0.2) is 0 Å². The topological polar surface area (TPSA) is 9.23 Å². The molecule has 0 N–H and O–H groups in total. The first-order valence-electron chi connectivity index (χ1n) is 7.58. The number of unbranched alkanes of at least 4 members (excludes halogenated alkanes) is 1. The maximum absolute atomic E-state index is 6.54. The SMILES string of the molecule is CCCCC(C)CC(C=CI)O[Si](C)(C)C(C)(C)C. The molecule has 0 amide bonds. The highest BCUT2D eigenvalue weighted by atomic mass is 127. The number of halogens is 1. The van der Waals surface area contributed by atoms with Crippen LogP contribution in [-0.4, -0.2) is 14.4 Å². The molecule has 0 rings (SSSR count). The Morgan fingerprint density at radius 3 is 2.26 bits per heavy atom. The third kappa shape index (κ3) is 7.86. The van der Waals surface area contributed by atoms with Gasteiger partial charge in [0.25, 0.3) is 0 Å². The van der Waals surface area contributed by atoms with Crippen LogP contribution in [0.2, 0.25) is 18.1 Å². The summed E-state index contributed by atoms with van der Waals surface area (Å²) in [6, 6.07) is 0. The minimum absolute atomic E-state index is 0.289. The summed E-state index contributed by atoms with van der Waals surface area (Å²) in [5.41, 5.74) is 0. The fourth-order valence-corrected chi connectivity index (χ4v) is 3.62. The number of rotatable bonds is 8. The molecule has 114 valence electrons. The van der Waals surface area contributed by atoms with E-state index in [4.69, 9.17) is 4.43 Å². The first-order valence-corrected chi connectivity index (χ1v) is 11.7. The summed E-state index contributed by atoms with van der Waals surface area (Å²) >= 11 is 2.31. The molecule has 0 aliphatic rings. The standard InChI is InChI=1S/C16H33IOSi/c1-8-9-10-14(2)13-15(11-12-17)18-19(6,7)16(3,4)5/h11-12,14-15H,8-10,13H2,1-7H3. The Morgan fingerprint density at radius 1 is 1.26 bits per heavy atom. The van der Waals surface area contributed by atoms with Gasteiger partial charge in [-0.05, 0) is 34.6 Å². The molecule has 0 aromatic heterocycles. The van der Waals surface area contributed by atoms with Gasteiger partial charge in [0.2, 0.25) is 0 Å². The largest absolute Gasteiger partial charge is 0.411 e. The summed E-state index contributed by atoms with van der Waals surface area (Å²) in [4.78, 5) is 0. The molecule has 0 aromatic rings. The molecule has 0 saturated carbocycles. The third-order valence-corrected chi connectivity index (χ3v) is 9.14. The highest BCUT2D eigenvalue weighted by molar-refractivity contribution is 14.1. The lowest BCUT2D eigenvalue weighted by Gasteiger charge is -2.39. The maximum Gasteiger partial charge on any atom is 0.192 e. The first-order chi connectivity index (χ1) is 8.64. The smallest absolute Gasteiger partial charge is 0.192 e. The molecule has 19 heavy (non-hydrogen) atoms. The molecular formula is C16H33IOSi. The lowest BCUT2D eigenvalue weighted by atomic mass is 9.98. The lowest BCUT2D eigenvalue weighted by Crippen LogP contribution is -2.43. The Hall–Kier alpha value is 0.647. The molecule has 0 saturated heterocycles. The zero-order valence-electron chi connectivity index (χ0n) is 13.9. The van der Waals surface area contributed by atoms with Crippen molar-refractivity contribution in [1.29, 1.82) is 0 Å². The molecule has 2 unspecified atom stereocenters. The van der Waals surface area contributed by atoms with E-state index >= 15 is 0 Å². The van der Waals surface area contributed by atoms with Gasteiger partial charge >= 0.3 is 0 Å². The second kappa shape index (κ2) is 8.83. The molecule has 0 radical (unpaired) electrons. The first kappa shape index (κ1) is 19.6. The molecule has 0 aromatic carbocycles. The van der Waals surface area contributed by atoms with Crippen LogP contribution >= 0.6 is 22.6 Å². The summed E-state index contributed by atoms with van der Waals surface area (Å²) in [7, 11) is -1.66. The average molecular weight is 396 g/mol. The van der Waals surface area contributed by atoms with Gasteiger partial charge in [0, 0.05) is 0 Å². The van der Waals surface area contributed by atoms with E-state index in [0.29, 0.717) is 6.10 Å². The molecule has 0 bridgehead atoms. The highest BCUT2D eigenvalue weighted by Gasteiger charge is 2.38. The number of hydrogen-bond acceptors (Lipinski definition) is 1. The van der Waals surface area contributed by atoms with Gasteiger partial charge in [0.1, 0.15) is 0 Å². The molecular weight excluding hydrogens is 363 g/mol. The van der Waals surface area contributed by atoms with Crippen LogP contribution in [0.5, 0.6) is 0 Å². The lowest BCUT2D eigenvalue weighted by molar-refractivity contribution is 0.191. The highest BCUT2D eigenvalue weighted by Crippen LogP contribution is 2.38. The maximum atomic E-state index is 6.54. The van der Waals surface area contributed by atoms with E-state index < -0.39 is 8.32 Å². The van der Waals surface area contributed by atoms with E-state index in [2.05, 4.69) is 80.5 Å². The van der Waals surface area contributed by atoms with Crippen LogP contribution < -0.4 is 0 Å². The van der Waals surface area contributed by atoms with Crippen molar-refractivity contribution >= 4 is 30.9 Å². The molecule has 0 aliphatic carbocycles. The van der Waals surface area contributed by atoms with Crippen LogP contribution in [0.4, 0.5) is 0 Å². The van der Waals surface area contributed by atoms with Crippen LogP contribution in [-0.2, 0) is 4.43 Å². The van der Waals surface area contributed by atoms with Crippen molar-refractivity contribution in [3.63, 3.8) is 0 Å². The summed E-state index contributed by atoms with van der Waals surface area (Å²) in [6.07, 6.45) is 7.64. The monoisotopic (exact) mass is 396 g/mol.